The second-order valence-electron chi connectivity index (χ2n) is 29.6. The van der Waals surface area contributed by atoms with E-state index in [1.807, 2.05) is 111 Å². The van der Waals surface area contributed by atoms with Crippen molar-refractivity contribution in [1.29, 1.82) is 5.41 Å². The van der Waals surface area contributed by atoms with Crippen LogP contribution in [-0.2, 0) is 84.5 Å². The number of carbonyl (C=O) groups is 8. The standard InChI is InChI=1S/C25H29N3O5.C18H17N3O3.C18H26N2O5.C17H22N2O4.C10H10N2O2.ClH/c1-6-31-23(29)20(26-24(30)32-25(3,4)5)15-17-9-13-18(14-10-17)21-27-22(33-28-21)19-11-7-16(2)8-12-19;1-11-2-6-14(7-3-11)17-20-16(21-24-17)13-8-4-12(5-9-13)10-15(19)18(22)23;1-5-24-16(22)15(20-17(23)25-18(2,3)4)10-12-6-8-13(9-7-12)14(19)11-21;1-6-22-15(20)14(19-16(21)23-17(2,3)4)11-12-7-9-13(18-5)10-8-12;1-12-8-4-2-7(3-5-8)6-9(11)10(13)14;/h7-14,20H,6,15H2,1-5H3,(H,26,30);2-9,15H,10,19H2,1H3,(H,22,23);6-9,15,19,21H,5,10-11H2,1-4H3,(H,20,23);7-10,14H,6,11H2,1-4H3,(H,19,21);2-5,9H,6,11H2,(H,13,14);1H/t20-;2*15-;14-;9-;/m00000./s1. The molecule has 0 radical (unpaired) electrons. The topological polar surface area (TPSA) is 451 Å². The van der Waals surface area contributed by atoms with Crippen molar-refractivity contribution in [3.63, 3.8) is 0 Å². The van der Waals surface area contributed by atoms with Gasteiger partial charge >= 0.3 is 48.1 Å². The molecule has 0 saturated heterocycles. The van der Waals surface area contributed by atoms with Crippen LogP contribution in [0.25, 0.3) is 55.4 Å². The Labute approximate surface area is 703 Å². The Balaban J connectivity index is 0.000000321. The van der Waals surface area contributed by atoms with Crippen molar-refractivity contribution < 1.29 is 91.1 Å². The van der Waals surface area contributed by atoms with Crippen molar-refractivity contribution in [2.45, 2.75) is 176 Å². The predicted molar refractivity (Wildman–Crippen MR) is 452 cm³/mol. The summed E-state index contributed by atoms with van der Waals surface area (Å²) in [5.74, 6) is -1.76. The molecule has 3 amide bonds. The Morgan fingerprint density at radius 2 is 0.692 bits per heavy atom. The zero-order valence-corrected chi connectivity index (χ0v) is 70.4. The molecule has 0 unspecified atom stereocenters. The van der Waals surface area contributed by atoms with Gasteiger partial charge in [0.05, 0.1) is 45.3 Å². The minimum atomic E-state index is -1.01. The molecule has 638 valence electrons. The first-order valence-electron chi connectivity index (χ1n) is 37.9. The first kappa shape index (κ1) is 99.2. The van der Waals surface area contributed by atoms with Gasteiger partial charge in [0.25, 0.3) is 11.8 Å². The molecule has 32 heteroatoms. The highest BCUT2D eigenvalue weighted by molar-refractivity contribution is 5.99. The molecule has 0 aliphatic heterocycles. The summed E-state index contributed by atoms with van der Waals surface area (Å²) in [4.78, 5) is 109. The van der Waals surface area contributed by atoms with Gasteiger partial charge in [0.15, 0.2) is 11.4 Å². The van der Waals surface area contributed by atoms with Crippen molar-refractivity contribution in [2.75, 3.05) is 26.4 Å². The molecular formula is C88H105ClN12O19. The van der Waals surface area contributed by atoms with E-state index in [1.165, 1.54) is 0 Å². The molecule has 31 nitrogen and oxygen atoms in total. The fourth-order valence-electron chi connectivity index (χ4n) is 10.3. The van der Waals surface area contributed by atoms with E-state index in [-0.39, 0.29) is 76.7 Å². The van der Waals surface area contributed by atoms with E-state index in [1.54, 1.807) is 156 Å². The molecule has 7 aromatic carbocycles. The van der Waals surface area contributed by atoms with Crippen LogP contribution in [0.1, 0.15) is 128 Å². The van der Waals surface area contributed by atoms with E-state index in [0.717, 1.165) is 61.2 Å². The molecule has 9 aromatic rings. The fraction of sp³-hybridized carbons (Fsp3) is 0.352. The second kappa shape index (κ2) is 48.5. The maximum Gasteiger partial charge on any atom is 0.408 e. The van der Waals surface area contributed by atoms with E-state index >= 15 is 0 Å². The number of nitrogens with zero attached hydrogens (tertiary/aromatic N) is 6. The Kier molecular flexibility index (Phi) is 40.1. The van der Waals surface area contributed by atoms with Gasteiger partial charge in [0.1, 0.15) is 47.0 Å². The van der Waals surface area contributed by atoms with Gasteiger partial charge in [0, 0.05) is 41.5 Å². The van der Waals surface area contributed by atoms with E-state index < -0.39 is 95.1 Å². The third-order valence-electron chi connectivity index (χ3n) is 16.1. The van der Waals surface area contributed by atoms with E-state index in [2.05, 4.69) is 45.9 Å². The number of esters is 3. The zero-order chi connectivity index (χ0) is 88.2. The van der Waals surface area contributed by atoms with Crippen LogP contribution in [0.5, 0.6) is 0 Å². The largest absolute Gasteiger partial charge is 0.480 e. The Bertz CT molecular complexity index is 4870. The quantitative estimate of drug-likeness (QED) is 0.00999. The number of amides is 3. The van der Waals surface area contributed by atoms with Crippen LogP contribution in [0.4, 0.5) is 25.8 Å². The molecular weight excluding hydrogens is 1560 g/mol. The van der Waals surface area contributed by atoms with Crippen molar-refractivity contribution in [2.24, 2.45) is 11.5 Å². The van der Waals surface area contributed by atoms with E-state index in [9.17, 15) is 38.4 Å². The van der Waals surface area contributed by atoms with Crippen LogP contribution >= 0.6 is 12.4 Å². The summed E-state index contributed by atoms with van der Waals surface area (Å²) in [5, 5.41) is 49.7. The summed E-state index contributed by atoms with van der Waals surface area (Å²) in [6.45, 7) is 38.8. The number of alkyl carbamates (subject to hydrolysis) is 3. The highest BCUT2D eigenvalue weighted by Gasteiger charge is 2.30. The molecule has 11 N–H and O–H groups in total. The van der Waals surface area contributed by atoms with Crippen LogP contribution < -0.4 is 27.4 Å². The fourth-order valence-corrected chi connectivity index (χ4v) is 10.3. The Morgan fingerprint density at radius 3 is 0.942 bits per heavy atom. The van der Waals surface area contributed by atoms with Gasteiger partial charge < -0.3 is 85.6 Å². The number of carboxylic acids is 2. The summed E-state index contributed by atoms with van der Waals surface area (Å²) >= 11 is 0. The molecule has 120 heavy (non-hydrogen) atoms. The summed E-state index contributed by atoms with van der Waals surface area (Å²) in [7, 11) is 0. The molecule has 2 heterocycles. The van der Waals surface area contributed by atoms with Gasteiger partial charge in [-0.2, -0.15) is 9.97 Å². The summed E-state index contributed by atoms with van der Waals surface area (Å²) in [5.41, 5.74) is 20.3. The average Bonchev–Trinajstić information content (AvgIpc) is 1.71. The van der Waals surface area contributed by atoms with Crippen LogP contribution in [-0.4, -0.2) is 163 Å². The van der Waals surface area contributed by atoms with Gasteiger partial charge in [-0.1, -0.05) is 167 Å². The normalized spacial score (nSPS) is 12.0. The van der Waals surface area contributed by atoms with Gasteiger partial charge in [-0.3, -0.25) is 9.59 Å². The van der Waals surface area contributed by atoms with Gasteiger partial charge in [-0.25, -0.2) is 38.5 Å². The molecule has 0 bridgehead atoms. The summed E-state index contributed by atoms with van der Waals surface area (Å²) in [6.07, 6.45) is -0.741. The van der Waals surface area contributed by atoms with E-state index in [0.29, 0.717) is 40.4 Å². The monoisotopic (exact) mass is 1670 g/mol. The number of rotatable bonds is 27. The van der Waals surface area contributed by atoms with Crippen LogP contribution in [0.3, 0.4) is 0 Å². The third kappa shape index (κ3) is 36.1. The van der Waals surface area contributed by atoms with E-state index in [4.69, 9.17) is 82.8 Å². The number of hydrogen-bond donors (Lipinski definition) is 9. The highest BCUT2D eigenvalue weighted by atomic mass is 35.5. The molecule has 0 fully saturated rings. The number of hydrogen-bond acceptors (Lipinski definition) is 24. The van der Waals surface area contributed by atoms with Gasteiger partial charge in [0.2, 0.25) is 11.6 Å². The van der Waals surface area contributed by atoms with Gasteiger partial charge in [-0.05, 0) is 167 Å². The molecule has 5 atom stereocenters. The summed E-state index contributed by atoms with van der Waals surface area (Å²) in [6, 6.07) is 46.4. The molecule has 0 spiro atoms. The minimum absolute atomic E-state index is 0. The predicted octanol–water partition coefficient (Wildman–Crippen LogP) is 14.3. The number of carbonyl (C=O) groups excluding carboxylic acids is 6. The number of aliphatic hydroxyl groups excluding tert-OH is 1. The number of nitrogens with two attached hydrogens (primary N) is 2. The average molecular weight is 1670 g/mol. The number of carboxylic acid groups (broad SMARTS) is 2. The Morgan fingerprint density at radius 1 is 0.433 bits per heavy atom. The number of aliphatic hydroxyl groups is 1. The van der Waals surface area contributed by atoms with Gasteiger partial charge in [-0.15, -0.1) is 12.4 Å². The maximum atomic E-state index is 12.4. The number of aryl methyl sites for hydroxylation is 2. The minimum Gasteiger partial charge on any atom is -0.480 e. The number of nitrogens with one attached hydrogen (secondary N) is 4. The van der Waals surface area contributed by atoms with Crippen molar-refractivity contribution in [3.8, 4) is 45.7 Å². The summed E-state index contributed by atoms with van der Waals surface area (Å²) < 4.78 is 41.5. The Hall–Kier alpha value is -13.2. The molecule has 0 aliphatic rings. The van der Waals surface area contributed by atoms with Crippen molar-refractivity contribution >= 4 is 77.6 Å². The smallest absolute Gasteiger partial charge is 0.408 e. The van der Waals surface area contributed by atoms with Crippen molar-refractivity contribution in [1.82, 2.24) is 36.2 Å². The third-order valence-corrected chi connectivity index (χ3v) is 16.1. The lowest BCUT2D eigenvalue weighted by atomic mass is 10.0. The number of aliphatic carboxylic acids is 2. The SMILES string of the molecule is CCOC(=O)[C@H](Cc1ccc(-c2noc(-c3ccc(C)cc3)n2)cc1)NC(=O)OC(C)(C)C.CCOC(=O)[C@H](Cc1ccc(C(=N)CO)cc1)NC(=O)OC(C)(C)C.Cc1ccc(-c2nc(-c3ccc(C[C@H](N)C(=O)O)cc3)no2)cc1.Cl.[C-]#[N+]c1ccc(C[C@H](N)C(=O)O)cc1.[C-]#[N+]c1ccc(C[C@H](NC(=O)OC(C)(C)C)C(=O)OCC)cc1. The lowest BCUT2D eigenvalue weighted by Gasteiger charge is -2.23. The number of aromatic nitrogens is 4. The lowest BCUT2D eigenvalue weighted by Crippen LogP contribution is -2.45. The number of halogens is 1. The highest BCUT2D eigenvalue weighted by Crippen LogP contribution is 2.27. The first-order valence-corrected chi connectivity index (χ1v) is 37.9. The molecule has 9 rings (SSSR count). The van der Waals surface area contributed by atoms with Crippen LogP contribution in [0.15, 0.2) is 179 Å². The zero-order valence-electron chi connectivity index (χ0n) is 69.5. The molecule has 2 aromatic heterocycles. The molecule has 0 aliphatic carbocycles. The van der Waals surface area contributed by atoms with Crippen LogP contribution in [0.2, 0.25) is 0 Å². The number of ether oxygens (including phenoxy) is 6. The van der Waals surface area contributed by atoms with Crippen LogP contribution in [0, 0.1) is 32.4 Å². The second-order valence-corrected chi connectivity index (χ2v) is 29.6. The lowest BCUT2D eigenvalue weighted by molar-refractivity contribution is -0.146. The first-order chi connectivity index (χ1) is 56.2. The van der Waals surface area contributed by atoms with Crippen molar-refractivity contribution in [3.05, 3.63) is 237 Å². The number of benzene rings is 7. The maximum absolute atomic E-state index is 12.4. The molecule has 0 saturated carbocycles.